The Labute approximate surface area is 59.7 Å². The fourth-order valence-electron chi connectivity index (χ4n) is 0.185. The van der Waals surface area contributed by atoms with E-state index in [1.165, 1.54) is 0 Å². The van der Waals surface area contributed by atoms with Crippen molar-refractivity contribution in [3.63, 3.8) is 0 Å². The second-order valence-corrected chi connectivity index (χ2v) is 1.72. The first-order valence-electron chi connectivity index (χ1n) is 2.02. The number of nitrogens with zero attached hydrogens (tertiary/aromatic N) is 1. The van der Waals surface area contributed by atoms with Gasteiger partial charge in [0.15, 0.2) is 0 Å². The highest BCUT2D eigenvalue weighted by atomic mass is 35.5. The van der Waals surface area contributed by atoms with Gasteiger partial charge in [-0.1, -0.05) is 11.6 Å². The predicted octanol–water partition coefficient (Wildman–Crippen LogP) is 1.48. The van der Waals surface area contributed by atoms with Gasteiger partial charge in [0, 0.05) is 0 Å². The number of alkyl halides is 3. The number of nitrogens with two attached hydrogens (primary N) is 1. The lowest BCUT2D eigenvalue weighted by molar-refractivity contribution is -0.0928. The maximum atomic E-state index is 11.5. The highest BCUT2D eigenvalue weighted by Crippen LogP contribution is 2.24. The fourth-order valence-corrected chi connectivity index (χ4v) is 0.292. The normalized spacial score (nSPS) is 13.9. The molecule has 0 spiro atoms. The van der Waals surface area contributed by atoms with Crippen LogP contribution in [-0.2, 0) is 0 Å². The fraction of sp³-hybridized carbons (Fsp3) is 0.250. The smallest absolute Gasteiger partial charge is 0.393 e. The van der Waals surface area contributed by atoms with Crippen LogP contribution in [0, 0.1) is 11.3 Å². The lowest BCUT2D eigenvalue weighted by Crippen LogP contribution is -2.20. The van der Waals surface area contributed by atoms with Gasteiger partial charge in [-0.3, -0.25) is 0 Å². The number of halogens is 4. The molecule has 6 heteroatoms. The van der Waals surface area contributed by atoms with Crippen molar-refractivity contribution < 1.29 is 13.2 Å². The van der Waals surface area contributed by atoms with E-state index in [1.807, 2.05) is 0 Å². The molecule has 0 aromatic heterocycles. The van der Waals surface area contributed by atoms with Crippen LogP contribution in [0.2, 0.25) is 0 Å². The highest BCUT2D eigenvalue weighted by molar-refractivity contribution is 6.32. The van der Waals surface area contributed by atoms with Crippen LogP contribution in [0.25, 0.3) is 0 Å². The Morgan fingerprint density at radius 2 is 1.90 bits per heavy atom. The predicted molar refractivity (Wildman–Crippen MR) is 28.7 cm³/mol. The van der Waals surface area contributed by atoms with Crippen molar-refractivity contribution >= 4 is 11.6 Å². The third-order valence-electron chi connectivity index (χ3n) is 0.640. The van der Waals surface area contributed by atoms with Crippen molar-refractivity contribution in [1.29, 1.82) is 5.26 Å². The summed E-state index contributed by atoms with van der Waals surface area (Å²) in [4.78, 5) is 0. The van der Waals surface area contributed by atoms with Crippen molar-refractivity contribution in [3.8, 4) is 6.07 Å². The Bertz CT molecular complexity index is 200. The van der Waals surface area contributed by atoms with Crippen molar-refractivity contribution in [3.05, 3.63) is 10.7 Å². The molecule has 0 aliphatic carbocycles. The lowest BCUT2D eigenvalue weighted by Gasteiger charge is -2.04. The van der Waals surface area contributed by atoms with Gasteiger partial charge in [-0.25, -0.2) is 0 Å². The zero-order valence-electron chi connectivity index (χ0n) is 4.54. The van der Waals surface area contributed by atoms with Gasteiger partial charge in [0.05, 0.1) is 0 Å². The molecule has 0 aromatic rings. The Kier molecular flexibility index (Phi) is 2.55. The van der Waals surface area contributed by atoms with Gasteiger partial charge >= 0.3 is 6.18 Å². The maximum Gasteiger partial charge on any atom is 0.432 e. The lowest BCUT2D eigenvalue weighted by atomic mass is 10.4. The number of allylic oxidation sites excluding steroid dienone is 2. The number of rotatable bonds is 0. The van der Waals surface area contributed by atoms with Crippen LogP contribution in [0.5, 0.6) is 0 Å². The molecule has 0 saturated carbocycles. The third-order valence-corrected chi connectivity index (χ3v) is 0.928. The van der Waals surface area contributed by atoms with E-state index >= 15 is 0 Å². The highest BCUT2D eigenvalue weighted by Gasteiger charge is 2.34. The summed E-state index contributed by atoms with van der Waals surface area (Å²) >= 11 is 4.77. The first kappa shape index (κ1) is 9.11. The van der Waals surface area contributed by atoms with E-state index in [0.29, 0.717) is 0 Å². The second-order valence-electron chi connectivity index (χ2n) is 1.34. The van der Waals surface area contributed by atoms with Gasteiger partial charge in [0.1, 0.15) is 16.8 Å². The molecule has 0 radical (unpaired) electrons. The monoisotopic (exact) mass is 170 g/mol. The molecule has 0 rings (SSSR count). The number of hydrogen-bond donors (Lipinski definition) is 1. The molecular weight excluding hydrogens is 169 g/mol. The van der Waals surface area contributed by atoms with Gasteiger partial charge < -0.3 is 5.73 Å². The van der Waals surface area contributed by atoms with E-state index in [9.17, 15) is 13.2 Å². The molecular formula is C4H2ClF3N2. The molecule has 0 amide bonds. The second kappa shape index (κ2) is 2.80. The molecule has 2 nitrogen and oxygen atoms in total. The number of hydrogen-bond acceptors (Lipinski definition) is 2. The molecule has 0 unspecified atom stereocenters. The first-order valence-corrected chi connectivity index (χ1v) is 2.40. The maximum absolute atomic E-state index is 11.5. The first-order chi connectivity index (χ1) is 4.39. The summed E-state index contributed by atoms with van der Waals surface area (Å²) < 4.78 is 34.4. The molecule has 0 aromatic carbocycles. The Hall–Kier alpha value is -0.890. The SMILES string of the molecule is N#C/C(Cl)=C(/N)C(F)(F)F. The van der Waals surface area contributed by atoms with E-state index in [0.717, 1.165) is 6.07 Å². The van der Waals surface area contributed by atoms with E-state index in [4.69, 9.17) is 16.9 Å². The molecule has 0 saturated heterocycles. The molecule has 0 heterocycles. The summed E-state index contributed by atoms with van der Waals surface area (Å²) in [5, 5.41) is 6.81. The summed E-state index contributed by atoms with van der Waals surface area (Å²) in [6, 6.07) is 1.07. The van der Waals surface area contributed by atoms with Crippen molar-refractivity contribution in [2.45, 2.75) is 6.18 Å². The van der Waals surface area contributed by atoms with Crippen molar-refractivity contribution in [2.75, 3.05) is 0 Å². The van der Waals surface area contributed by atoms with Crippen molar-refractivity contribution in [2.24, 2.45) is 5.73 Å². The van der Waals surface area contributed by atoms with Crippen LogP contribution < -0.4 is 5.73 Å². The summed E-state index contributed by atoms with van der Waals surface area (Å²) in [5.41, 5.74) is 2.85. The average Bonchev–Trinajstić information content (AvgIpc) is 1.83. The zero-order chi connectivity index (χ0) is 8.36. The van der Waals surface area contributed by atoms with Crippen LogP contribution in [0.3, 0.4) is 0 Å². The minimum absolute atomic E-state index is 1.03. The van der Waals surface area contributed by atoms with Crippen LogP contribution in [0.4, 0.5) is 13.2 Å². The molecule has 0 fully saturated rings. The van der Waals surface area contributed by atoms with Gasteiger partial charge in [-0.2, -0.15) is 18.4 Å². The van der Waals surface area contributed by atoms with E-state index < -0.39 is 16.9 Å². The largest absolute Gasteiger partial charge is 0.432 e. The molecule has 56 valence electrons. The van der Waals surface area contributed by atoms with Gasteiger partial charge in [-0.15, -0.1) is 0 Å². The minimum atomic E-state index is -4.72. The standard InChI is InChI=1S/C4H2ClF3N2/c5-2(1-9)3(10)4(6,7)8/h10H2/b3-2-. The van der Waals surface area contributed by atoms with E-state index in [-0.39, 0.29) is 0 Å². The molecule has 2 N–H and O–H groups in total. The topological polar surface area (TPSA) is 49.8 Å². The van der Waals surface area contributed by atoms with Gasteiger partial charge in [-0.05, 0) is 0 Å². The van der Waals surface area contributed by atoms with E-state index in [2.05, 4.69) is 5.73 Å². The van der Waals surface area contributed by atoms with E-state index in [1.54, 1.807) is 0 Å². The molecule has 0 atom stereocenters. The van der Waals surface area contributed by atoms with Gasteiger partial charge in [0.2, 0.25) is 0 Å². The number of nitriles is 1. The molecule has 0 aliphatic rings. The quantitative estimate of drug-likeness (QED) is 0.560. The Morgan fingerprint density at radius 3 is 2.00 bits per heavy atom. The third kappa shape index (κ3) is 2.15. The van der Waals surface area contributed by atoms with Crippen LogP contribution >= 0.6 is 11.6 Å². The van der Waals surface area contributed by atoms with Crippen LogP contribution in [0.1, 0.15) is 0 Å². The Morgan fingerprint density at radius 1 is 1.50 bits per heavy atom. The minimum Gasteiger partial charge on any atom is -0.393 e. The van der Waals surface area contributed by atoms with Crippen LogP contribution in [-0.4, -0.2) is 6.18 Å². The molecule has 10 heavy (non-hydrogen) atoms. The van der Waals surface area contributed by atoms with Gasteiger partial charge in [0.25, 0.3) is 0 Å². The zero-order valence-corrected chi connectivity index (χ0v) is 5.29. The molecule has 0 bridgehead atoms. The van der Waals surface area contributed by atoms with Crippen molar-refractivity contribution in [1.82, 2.24) is 0 Å². The molecule has 0 aliphatic heterocycles. The summed E-state index contributed by atoms with van der Waals surface area (Å²) in [5.74, 6) is 0. The summed E-state index contributed by atoms with van der Waals surface area (Å²) in [7, 11) is 0. The summed E-state index contributed by atoms with van der Waals surface area (Å²) in [6.07, 6.45) is -4.72. The average molecular weight is 171 g/mol. The van der Waals surface area contributed by atoms with Crippen LogP contribution in [0.15, 0.2) is 10.7 Å². The summed E-state index contributed by atoms with van der Waals surface area (Å²) in [6.45, 7) is 0. The Balaban J connectivity index is 4.69.